The molecule has 6 rings (SSSR count). The molecule has 25 heavy (non-hydrogen) atoms. The molecule has 2 bridgehead atoms. The van der Waals surface area contributed by atoms with E-state index in [2.05, 4.69) is 9.97 Å². The Morgan fingerprint density at radius 1 is 1.28 bits per heavy atom. The van der Waals surface area contributed by atoms with Crippen LogP contribution in [0.1, 0.15) is 6.42 Å². The van der Waals surface area contributed by atoms with Gasteiger partial charge in [0.1, 0.15) is 12.0 Å². The fourth-order valence-corrected chi connectivity index (χ4v) is 3.72. The van der Waals surface area contributed by atoms with Crippen molar-refractivity contribution in [3.05, 3.63) is 24.6 Å². The molecular formula is C16H14N4O5. The molecule has 3 aromatic rings. The van der Waals surface area contributed by atoms with Gasteiger partial charge in [-0.05, 0) is 18.6 Å². The number of carboxylic acid groups (broad SMARTS) is 1. The monoisotopic (exact) mass is 342 g/mol. The second-order valence-electron chi connectivity index (χ2n) is 6.28. The first kappa shape index (κ1) is 14.1. The average Bonchev–Trinajstić information content (AvgIpc) is 3.25. The molecule has 0 spiro atoms. The Morgan fingerprint density at radius 3 is 2.76 bits per heavy atom. The molecule has 9 nitrogen and oxygen atoms in total. The normalized spacial score (nSPS) is 22.2. The number of oxazole rings is 2. The van der Waals surface area contributed by atoms with Crippen LogP contribution in [0.2, 0.25) is 0 Å². The third kappa shape index (κ3) is 1.98. The van der Waals surface area contributed by atoms with Gasteiger partial charge >= 0.3 is 6.09 Å². The third-order valence-corrected chi connectivity index (χ3v) is 4.86. The van der Waals surface area contributed by atoms with Crippen LogP contribution in [0.4, 0.5) is 10.8 Å². The average molecular weight is 342 g/mol. The van der Waals surface area contributed by atoms with Crippen LogP contribution in [0, 0.1) is 0 Å². The van der Waals surface area contributed by atoms with Crippen molar-refractivity contribution < 1.29 is 23.8 Å². The Bertz CT molecular complexity index is 954. The van der Waals surface area contributed by atoms with Gasteiger partial charge in [0.25, 0.3) is 6.01 Å². The molecule has 2 unspecified atom stereocenters. The molecule has 128 valence electrons. The van der Waals surface area contributed by atoms with Crippen LogP contribution in [0.15, 0.2) is 33.4 Å². The quantitative estimate of drug-likeness (QED) is 0.727. The van der Waals surface area contributed by atoms with Gasteiger partial charge in [-0.25, -0.2) is 9.78 Å². The molecule has 2 atom stereocenters. The number of rotatable bonds is 2. The van der Waals surface area contributed by atoms with E-state index >= 15 is 0 Å². The number of nitrogens with zero attached hydrogens (tertiary/aromatic N) is 4. The van der Waals surface area contributed by atoms with Gasteiger partial charge in [0, 0.05) is 13.1 Å². The highest BCUT2D eigenvalue weighted by Gasteiger charge is 2.48. The lowest BCUT2D eigenvalue weighted by atomic mass is 9.88. The molecule has 3 aliphatic heterocycles. The molecule has 3 aliphatic rings. The molecule has 2 aromatic heterocycles. The minimum absolute atomic E-state index is 0.00892. The van der Waals surface area contributed by atoms with Crippen LogP contribution in [0.5, 0.6) is 5.75 Å². The summed E-state index contributed by atoms with van der Waals surface area (Å²) >= 11 is 0. The van der Waals surface area contributed by atoms with Crippen molar-refractivity contribution in [2.45, 2.75) is 18.5 Å². The number of carbonyl (C=O) groups is 1. The minimum Gasteiger partial charge on any atom is -0.506 e. The SMILES string of the molecule is O=C(O)N1C2CC1CN(c1nc3c(O)ccc(-c4ncco4)c3o1)C2. The van der Waals surface area contributed by atoms with E-state index in [9.17, 15) is 15.0 Å². The molecule has 0 saturated carbocycles. The molecule has 1 aromatic carbocycles. The number of hydrogen-bond donors (Lipinski definition) is 2. The van der Waals surface area contributed by atoms with Crippen LogP contribution in [0.25, 0.3) is 22.6 Å². The van der Waals surface area contributed by atoms with Crippen molar-refractivity contribution >= 4 is 23.2 Å². The number of phenols is 1. The highest BCUT2D eigenvalue weighted by Crippen LogP contribution is 2.39. The lowest BCUT2D eigenvalue weighted by molar-refractivity contribution is 0.0101. The summed E-state index contributed by atoms with van der Waals surface area (Å²) in [5, 5.41) is 19.3. The van der Waals surface area contributed by atoms with Gasteiger partial charge in [0.2, 0.25) is 5.89 Å². The number of piperidine rings is 1. The minimum atomic E-state index is -0.887. The van der Waals surface area contributed by atoms with Crippen LogP contribution < -0.4 is 4.90 Å². The summed E-state index contributed by atoms with van der Waals surface area (Å²) < 4.78 is 11.2. The molecule has 3 fully saturated rings. The summed E-state index contributed by atoms with van der Waals surface area (Å²) in [4.78, 5) is 23.1. The second-order valence-corrected chi connectivity index (χ2v) is 6.28. The lowest BCUT2D eigenvalue weighted by Gasteiger charge is -2.54. The number of aromatic nitrogens is 2. The van der Waals surface area contributed by atoms with E-state index in [0.29, 0.717) is 41.7 Å². The number of fused-ring (bicyclic) bond motifs is 3. The van der Waals surface area contributed by atoms with Gasteiger partial charge in [-0.2, -0.15) is 4.98 Å². The van der Waals surface area contributed by atoms with Gasteiger partial charge in [0.05, 0.1) is 23.8 Å². The van der Waals surface area contributed by atoms with E-state index in [0.717, 1.165) is 6.42 Å². The fraction of sp³-hybridized carbons (Fsp3) is 0.312. The fourth-order valence-electron chi connectivity index (χ4n) is 3.72. The maximum atomic E-state index is 11.2. The third-order valence-electron chi connectivity index (χ3n) is 4.86. The van der Waals surface area contributed by atoms with Crippen LogP contribution in [0.3, 0.4) is 0 Å². The van der Waals surface area contributed by atoms with E-state index in [1.807, 2.05) is 4.90 Å². The number of aromatic hydroxyl groups is 1. The number of hydrogen-bond acceptors (Lipinski definition) is 7. The van der Waals surface area contributed by atoms with Crippen molar-refractivity contribution in [3.63, 3.8) is 0 Å². The summed E-state index contributed by atoms with van der Waals surface area (Å²) in [7, 11) is 0. The van der Waals surface area contributed by atoms with Gasteiger partial charge < -0.3 is 23.9 Å². The molecule has 0 aliphatic carbocycles. The topological polar surface area (TPSA) is 116 Å². The predicted octanol–water partition coefficient (Wildman–Crippen LogP) is 2.13. The molecule has 9 heteroatoms. The Balaban J connectivity index is 1.53. The molecular weight excluding hydrogens is 328 g/mol. The molecule has 5 heterocycles. The van der Waals surface area contributed by atoms with Crippen molar-refractivity contribution in [2.75, 3.05) is 18.0 Å². The molecule has 3 saturated heterocycles. The Labute approximate surface area is 141 Å². The second kappa shape index (κ2) is 4.88. The van der Waals surface area contributed by atoms with Crippen molar-refractivity contribution in [3.8, 4) is 17.2 Å². The number of piperazine rings is 1. The summed E-state index contributed by atoms with van der Waals surface area (Å²) in [5.74, 6) is 0.390. The van der Waals surface area contributed by atoms with E-state index < -0.39 is 6.09 Å². The van der Waals surface area contributed by atoms with Crippen molar-refractivity contribution in [1.29, 1.82) is 0 Å². The molecule has 0 radical (unpaired) electrons. The zero-order chi connectivity index (χ0) is 17.1. The number of anilines is 1. The first-order valence-corrected chi connectivity index (χ1v) is 7.90. The Morgan fingerprint density at radius 2 is 2.08 bits per heavy atom. The Kier molecular flexibility index (Phi) is 2.76. The van der Waals surface area contributed by atoms with Crippen molar-refractivity contribution in [1.82, 2.24) is 14.9 Å². The smallest absolute Gasteiger partial charge is 0.407 e. The van der Waals surface area contributed by atoms with Crippen LogP contribution in [-0.4, -0.2) is 56.3 Å². The van der Waals surface area contributed by atoms with Crippen molar-refractivity contribution in [2.24, 2.45) is 0 Å². The predicted molar refractivity (Wildman–Crippen MR) is 85.4 cm³/mol. The highest BCUT2D eigenvalue weighted by atomic mass is 16.4. The zero-order valence-corrected chi connectivity index (χ0v) is 13.0. The number of amides is 1. The molecule has 1 amide bonds. The largest absolute Gasteiger partial charge is 0.506 e. The maximum Gasteiger partial charge on any atom is 0.407 e. The van der Waals surface area contributed by atoms with Crippen LogP contribution >= 0.6 is 0 Å². The maximum absolute atomic E-state index is 11.2. The lowest BCUT2D eigenvalue weighted by Crippen LogP contribution is -2.70. The standard InChI is InChI=1S/C16H14N4O5/c21-11-2-1-10(14-17-3-4-24-14)13-12(11)18-15(25-13)19-6-8-5-9(7-19)20(8)16(22)23/h1-4,8-9,21H,5-7H2,(H,22,23). The summed E-state index contributed by atoms with van der Waals surface area (Å²) in [6, 6.07) is 3.45. The number of phenolic OH excluding ortho intramolecular Hbond substituents is 1. The molecule has 2 N–H and O–H groups in total. The summed E-state index contributed by atoms with van der Waals surface area (Å²) in [6.07, 6.45) is 2.96. The first-order valence-electron chi connectivity index (χ1n) is 7.90. The van der Waals surface area contributed by atoms with E-state index in [1.165, 1.54) is 23.4 Å². The van der Waals surface area contributed by atoms with Gasteiger partial charge in [0.15, 0.2) is 11.1 Å². The number of benzene rings is 1. The van der Waals surface area contributed by atoms with Gasteiger partial charge in [-0.1, -0.05) is 0 Å². The van der Waals surface area contributed by atoms with E-state index in [4.69, 9.17) is 8.83 Å². The van der Waals surface area contributed by atoms with Crippen LogP contribution in [-0.2, 0) is 0 Å². The van der Waals surface area contributed by atoms with E-state index in [1.54, 1.807) is 6.07 Å². The zero-order valence-electron chi connectivity index (χ0n) is 13.0. The summed E-state index contributed by atoms with van der Waals surface area (Å²) in [6.45, 7) is 1.04. The Hall–Kier alpha value is -3.23. The highest BCUT2D eigenvalue weighted by molar-refractivity contribution is 5.92. The van der Waals surface area contributed by atoms with E-state index in [-0.39, 0.29) is 17.8 Å². The summed E-state index contributed by atoms with van der Waals surface area (Å²) in [5.41, 5.74) is 1.33. The first-order chi connectivity index (χ1) is 12.1. The van der Waals surface area contributed by atoms with Gasteiger partial charge in [-0.3, -0.25) is 4.90 Å². The van der Waals surface area contributed by atoms with Gasteiger partial charge in [-0.15, -0.1) is 0 Å².